The van der Waals surface area contributed by atoms with Gasteiger partial charge in [-0.25, -0.2) is 0 Å². The number of unbranched alkanes of at least 4 members (excludes halogenated alkanes) is 7. The molecule has 0 saturated carbocycles. The molecular formula is C33H51N3O3. The monoisotopic (exact) mass is 537 g/mol. The highest BCUT2D eigenvalue weighted by Crippen LogP contribution is 2.33. The van der Waals surface area contributed by atoms with E-state index in [4.69, 9.17) is 4.74 Å². The molecule has 1 fully saturated rings. The van der Waals surface area contributed by atoms with E-state index in [2.05, 4.69) is 40.3 Å². The Morgan fingerprint density at radius 3 is 2.44 bits per heavy atom. The van der Waals surface area contributed by atoms with Gasteiger partial charge in [-0.1, -0.05) is 82.6 Å². The Balaban J connectivity index is 1.10. The molecule has 6 nitrogen and oxygen atoms in total. The number of hydrogen-bond donors (Lipinski definition) is 4. The summed E-state index contributed by atoms with van der Waals surface area (Å²) in [6, 6.07) is 14.6. The SMILES string of the molecule is CCCCCCCCCCC(CO)N1CCC(CNC[C@H](O)COc2cccc3[nH]c4ccccc4c23)CC1. The lowest BCUT2D eigenvalue weighted by atomic mass is 9.94. The fourth-order valence-corrected chi connectivity index (χ4v) is 6.11. The van der Waals surface area contributed by atoms with Crippen molar-refractivity contribution in [1.29, 1.82) is 0 Å². The molecule has 1 aromatic heterocycles. The molecule has 39 heavy (non-hydrogen) atoms. The quantitative estimate of drug-likeness (QED) is 0.144. The molecule has 0 bridgehead atoms. The predicted octanol–water partition coefficient (Wildman–Crippen LogP) is 6.25. The number of aromatic nitrogens is 1. The standard InChI is InChI=1S/C33H51N3O3/c1-2-3-4-5-6-7-8-9-13-27(24-37)36-20-18-26(19-21-36)22-34-23-28(38)25-39-32-17-12-16-31-33(32)29-14-10-11-15-30(29)35-31/h10-12,14-17,26-28,34-35,37-38H,2-9,13,18-25H2,1H3/t27?,28-/m0/s1. The van der Waals surface area contributed by atoms with Crippen LogP contribution >= 0.6 is 0 Å². The Labute approximate surface area is 235 Å². The van der Waals surface area contributed by atoms with E-state index in [1.807, 2.05) is 24.3 Å². The van der Waals surface area contributed by atoms with E-state index < -0.39 is 6.10 Å². The zero-order valence-electron chi connectivity index (χ0n) is 24.0. The number of hydrogen-bond acceptors (Lipinski definition) is 5. The number of para-hydroxylation sites is 1. The van der Waals surface area contributed by atoms with Crippen molar-refractivity contribution in [3.8, 4) is 5.75 Å². The van der Waals surface area contributed by atoms with Gasteiger partial charge in [0, 0.05) is 28.9 Å². The number of likely N-dealkylation sites (tertiary alicyclic amines) is 1. The Kier molecular flexibility index (Phi) is 12.4. The Bertz CT molecular complexity index is 1090. The number of aromatic amines is 1. The topological polar surface area (TPSA) is 80.8 Å². The third-order valence-electron chi connectivity index (χ3n) is 8.50. The average molecular weight is 538 g/mol. The summed E-state index contributed by atoms with van der Waals surface area (Å²) in [5.41, 5.74) is 2.14. The fraction of sp³-hybridized carbons (Fsp3) is 0.636. The molecule has 0 aliphatic carbocycles. The van der Waals surface area contributed by atoms with Gasteiger partial charge in [0.05, 0.1) is 12.1 Å². The van der Waals surface area contributed by atoms with Crippen molar-refractivity contribution < 1.29 is 14.9 Å². The number of nitrogens with one attached hydrogen (secondary N) is 2. The smallest absolute Gasteiger partial charge is 0.129 e. The third-order valence-corrected chi connectivity index (χ3v) is 8.50. The maximum absolute atomic E-state index is 10.6. The van der Waals surface area contributed by atoms with Crippen LogP contribution in [0.3, 0.4) is 0 Å². The minimum absolute atomic E-state index is 0.265. The summed E-state index contributed by atoms with van der Waals surface area (Å²) in [4.78, 5) is 5.95. The lowest BCUT2D eigenvalue weighted by molar-refractivity contribution is 0.0765. The largest absolute Gasteiger partial charge is 0.490 e. The van der Waals surface area contributed by atoms with Gasteiger partial charge in [-0.05, 0) is 63.0 Å². The third kappa shape index (κ3) is 8.94. The molecule has 6 heteroatoms. The van der Waals surface area contributed by atoms with Crippen LogP contribution in [-0.4, -0.2) is 71.6 Å². The van der Waals surface area contributed by atoms with E-state index in [-0.39, 0.29) is 13.2 Å². The average Bonchev–Trinajstić information content (AvgIpc) is 3.35. The predicted molar refractivity (Wildman–Crippen MR) is 163 cm³/mol. The van der Waals surface area contributed by atoms with Gasteiger partial charge < -0.3 is 25.3 Å². The number of aliphatic hydroxyl groups is 2. The van der Waals surface area contributed by atoms with Crippen molar-refractivity contribution in [2.45, 2.75) is 89.7 Å². The molecule has 216 valence electrons. The second-order valence-electron chi connectivity index (χ2n) is 11.6. The van der Waals surface area contributed by atoms with Crippen molar-refractivity contribution in [1.82, 2.24) is 15.2 Å². The molecule has 1 aliphatic rings. The number of H-pyrrole nitrogens is 1. The van der Waals surface area contributed by atoms with E-state index in [9.17, 15) is 10.2 Å². The van der Waals surface area contributed by atoms with Crippen molar-refractivity contribution in [3.05, 3.63) is 42.5 Å². The summed E-state index contributed by atoms with van der Waals surface area (Å²) >= 11 is 0. The van der Waals surface area contributed by atoms with Gasteiger partial charge in [-0.2, -0.15) is 0 Å². The van der Waals surface area contributed by atoms with Gasteiger partial charge >= 0.3 is 0 Å². The van der Waals surface area contributed by atoms with E-state index in [1.54, 1.807) is 0 Å². The van der Waals surface area contributed by atoms with Gasteiger partial charge in [0.15, 0.2) is 0 Å². The van der Waals surface area contributed by atoms with Crippen LogP contribution < -0.4 is 10.1 Å². The van der Waals surface area contributed by atoms with Crippen LogP contribution in [0.25, 0.3) is 21.8 Å². The number of aliphatic hydroxyl groups excluding tert-OH is 2. The summed E-state index contributed by atoms with van der Waals surface area (Å²) < 4.78 is 6.07. The number of rotatable bonds is 18. The lowest BCUT2D eigenvalue weighted by Gasteiger charge is -2.37. The van der Waals surface area contributed by atoms with Gasteiger partial charge in [-0.15, -0.1) is 0 Å². The highest BCUT2D eigenvalue weighted by Gasteiger charge is 2.24. The highest BCUT2D eigenvalue weighted by molar-refractivity contribution is 6.10. The van der Waals surface area contributed by atoms with Crippen LogP contribution in [0.4, 0.5) is 0 Å². The van der Waals surface area contributed by atoms with Crippen LogP contribution in [0, 0.1) is 5.92 Å². The second kappa shape index (κ2) is 16.2. The number of nitrogens with zero attached hydrogens (tertiary/aromatic N) is 1. The van der Waals surface area contributed by atoms with Crippen LogP contribution in [-0.2, 0) is 0 Å². The summed E-state index contributed by atoms with van der Waals surface area (Å²) in [7, 11) is 0. The summed E-state index contributed by atoms with van der Waals surface area (Å²) in [6.45, 7) is 6.39. The van der Waals surface area contributed by atoms with E-state index in [1.165, 1.54) is 51.4 Å². The molecule has 1 aliphatic heterocycles. The Morgan fingerprint density at radius 2 is 1.67 bits per heavy atom. The Morgan fingerprint density at radius 1 is 0.949 bits per heavy atom. The molecular weight excluding hydrogens is 486 g/mol. The molecule has 0 amide bonds. The summed E-state index contributed by atoms with van der Waals surface area (Å²) in [5.74, 6) is 1.43. The van der Waals surface area contributed by atoms with Crippen molar-refractivity contribution in [3.63, 3.8) is 0 Å². The van der Waals surface area contributed by atoms with E-state index >= 15 is 0 Å². The van der Waals surface area contributed by atoms with Gasteiger partial charge in [0.2, 0.25) is 0 Å². The molecule has 0 spiro atoms. The molecule has 1 unspecified atom stereocenters. The Hall–Kier alpha value is -2.12. The van der Waals surface area contributed by atoms with Crippen LogP contribution in [0.1, 0.15) is 77.6 Å². The summed E-state index contributed by atoms with van der Waals surface area (Å²) in [5, 5.41) is 26.2. The van der Waals surface area contributed by atoms with Crippen molar-refractivity contribution >= 4 is 21.8 Å². The molecule has 4 N–H and O–H groups in total. The summed E-state index contributed by atoms with van der Waals surface area (Å²) in [6.07, 6.45) is 13.5. The molecule has 1 saturated heterocycles. The second-order valence-corrected chi connectivity index (χ2v) is 11.6. The van der Waals surface area contributed by atoms with Crippen molar-refractivity contribution in [2.24, 2.45) is 5.92 Å². The van der Waals surface area contributed by atoms with Crippen LogP contribution in [0.5, 0.6) is 5.75 Å². The fourth-order valence-electron chi connectivity index (χ4n) is 6.11. The minimum atomic E-state index is -0.559. The normalized spacial score (nSPS) is 16.7. The van der Waals surface area contributed by atoms with Crippen molar-refractivity contribution in [2.75, 3.05) is 39.4 Å². The number of ether oxygens (including phenoxy) is 1. The van der Waals surface area contributed by atoms with Gasteiger partial charge in [-0.3, -0.25) is 4.90 Å². The maximum atomic E-state index is 10.6. The molecule has 2 atom stereocenters. The molecule has 3 aromatic rings. The van der Waals surface area contributed by atoms with E-state index in [0.717, 1.165) is 66.5 Å². The van der Waals surface area contributed by atoms with E-state index in [0.29, 0.717) is 18.5 Å². The first-order valence-corrected chi connectivity index (χ1v) is 15.6. The number of fused-ring (bicyclic) bond motifs is 3. The number of piperidine rings is 1. The molecule has 2 aromatic carbocycles. The zero-order chi connectivity index (χ0) is 27.3. The molecule has 4 rings (SSSR count). The first-order chi connectivity index (χ1) is 19.2. The first kappa shape index (κ1) is 29.9. The van der Waals surface area contributed by atoms with Crippen LogP contribution in [0.2, 0.25) is 0 Å². The highest BCUT2D eigenvalue weighted by atomic mass is 16.5. The molecule has 2 heterocycles. The lowest BCUT2D eigenvalue weighted by Crippen LogP contribution is -2.45. The van der Waals surface area contributed by atoms with Gasteiger partial charge in [0.25, 0.3) is 0 Å². The zero-order valence-corrected chi connectivity index (χ0v) is 24.0. The number of benzene rings is 2. The molecule has 0 radical (unpaired) electrons. The van der Waals surface area contributed by atoms with Crippen LogP contribution in [0.15, 0.2) is 42.5 Å². The first-order valence-electron chi connectivity index (χ1n) is 15.6. The maximum Gasteiger partial charge on any atom is 0.129 e. The van der Waals surface area contributed by atoms with Gasteiger partial charge in [0.1, 0.15) is 18.5 Å². The minimum Gasteiger partial charge on any atom is -0.490 e.